The molecule has 0 aromatic heterocycles. The molecule has 60 heavy (non-hydrogen) atoms. The van der Waals surface area contributed by atoms with Crippen molar-refractivity contribution in [3.63, 3.8) is 0 Å². The van der Waals surface area contributed by atoms with Gasteiger partial charge in [-0.3, -0.25) is 33.6 Å². The van der Waals surface area contributed by atoms with Gasteiger partial charge in [0.05, 0.1) is 25.7 Å². The Kier molecular flexibility index (Phi) is 21.9. The summed E-state index contributed by atoms with van der Waals surface area (Å²) in [6.45, 7) is 3.47. The predicted octanol–water partition coefficient (Wildman–Crippen LogP) is -3.24. The summed E-state index contributed by atoms with van der Waals surface area (Å²) < 4.78 is 0. The van der Waals surface area contributed by atoms with Crippen LogP contribution in [-0.2, 0) is 35.2 Å². The number of aryl methyl sites for hydroxylation is 1. The van der Waals surface area contributed by atoms with E-state index < -0.39 is 105 Å². The molecule has 330 valence electrons. The Morgan fingerprint density at radius 2 is 1.37 bits per heavy atom. The van der Waals surface area contributed by atoms with E-state index in [-0.39, 0.29) is 12.0 Å². The monoisotopic (exact) mass is 841 g/mol. The zero-order valence-electron chi connectivity index (χ0n) is 34.5. The molecule has 0 fully saturated rings. The Labute approximate surface area is 349 Å². The van der Waals surface area contributed by atoms with E-state index in [1.54, 1.807) is 24.3 Å². The molecule has 0 saturated carbocycles. The first-order valence-corrected chi connectivity index (χ1v) is 19.8. The largest absolute Gasteiger partial charge is 0.472 e. The van der Waals surface area contributed by atoms with Crippen LogP contribution in [0, 0.1) is 0 Å². The number of amides is 7. The fourth-order valence-electron chi connectivity index (χ4n) is 5.83. The third kappa shape index (κ3) is 16.7. The van der Waals surface area contributed by atoms with Crippen LogP contribution >= 0.6 is 0 Å². The highest BCUT2D eigenvalue weighted by molar-refractivity contribution is 6.41. The number of unbranched alkanes of at least 4 members (excludes halogenated alkanes) is 2. The van der Waals surface area contributed by atoms with Crippen LogP contribution in [0.1, 0.15) is 68.8 Å². The van der Waals surface area contributed by atoms with E-state index in [1.165, 1.54) is 19.4 Å². The maximum atomic E-state index is 13.1. The number of hydrogen-bond donors (Lipinski definition) is 12. The van der Waals surface area contributed by atoms with E-state index in [9.17, 15) is 43.8 Å². The standard InChI is InChI=1S/C39H60BN9O11/c1-5-6-9-25-11-13-26(14-12-25)27-15-17-28(18-16-27)35(54)47-30(21-50)37(56)45-23(2)34(53)43-20-31(52)49(4)32(24(3)51)38(57)48-33(42)39(58)46-29(10-7-8-19-41)36(55)44-22-40(59)60/h11-18,23-24,29-30,32-33,50-51,59-60H,5-10,19-22,41-42H2,1-4H3,(H,43,53)(H,44,55)(H,45,56)(H,46,58)(H,47,54)(H,48,57)/t23-,24?,29+,30-,32+,33-/m1/s1. The van der Waals surface area contributed by atoms with Crippen molar-refractivity contribution in [3.05, 3.63) is 59.7 Å². The minimum Gasteiger partial charge on any atom is -0.426 e. The first-order chi connectivity index (χ1) is 28.4. The van der Waals surface area contributed by atoms with Crippen molar-refractivity contribution in [1.82, 2.24) is 36.8 Å². The minimum atomic E-state index is -1.84. The Bertz CT molecular complexity index is 1730. The molecule has 0 bridgehead atoms. The maximum absolute atomic E-state index is 13.1. The molecule has 0 heterocycles. The molecular weight excluding hydrogens is 781 g/mol. The first-order valence-electron chi connectivity index (χ1n) is 19.8. The van der Waals surface area contributed by atoms with Crippen molar-refractivity contribution in [2.75, 3.05) is 33.2 Å². The summed E-state index contributed by atoms with van der Waals surface area (Å²) in [5, 5.41) is 52.3. The van der Waals surface area contributed by atoms with E-state index in [1.807, 2.05) is 12.1 Å². The molecule has 21 heteroatoms. The van der Waals surface area contributed by atoms with Crippen molar-refractivity contribution in [3.8, 4) is 11.1 Å². The Morgan fingerprint density at radius 3 is 1.92 bits per heavy atom. The van der Waals surface area contributed by atoms with E-state index in [4.69, 9.17) is 21.5 Å². The van der Waals surface area contributed by atoms with Crippen LogP contribution in [0.5, 0.6) is 0 Å². The summed E-state index contributed by atoms with van der Waals surface area (Å²) >= 11 is 0. The number of aliphatic hydroxyl groups excluding tert-OH is 2. The van der Waals surface area contributed by atoms with Gasteiger partial charge in [0.25, 0.3) is 11.8 Å². The highest BCUT2D eigenvalue weighted by Gasteiger charge is 2.34. The van der Waals surface area contributed by atoms with Crippen LogP contribution < -0.4 is 43.4 Å². The average Bonchev–Trinajstić information content (AvgIpc) is 3.22. The van der Waals surface area contributed by atoms with E-state index >= 15 is 0 Å². The molecule has 0 aliphatic heterocycles. The Morgan fingerprint density at radius 1 is 0.750 bits per heavy atom. The van der Waals surface area contributed by atoms with Crippen LogP contribution in [0.3, 0.4) is 0 Å². The zero-order chi connectivity index (χ0) is 44.9. The molecule has 7 amide bonds. The van der Waals surface area contributed by atoms with Gasteiger partial charge < -0.3 is 68.5 Å². The number of carbonyl (C=O) groups is 7. The first kappa shape index (κ1) is 50.7. The van der Waals surface area contributed by atoms with Crippen LogP contribution in [-0.4, -0.2) is 143 Å². The quantitative estimate of drug-likeness (QED) is 0.0266. The third-order valence-corrected chi connectivity index (χ3v) is 9.38. The Balaban J connectivity index is 1.93. The lowest BCUT2D eigenvalue weighted by atomic mass is 9.92. The topological polar surface area (TPSA) is 328 Å². The van der Waals surface area contributed by atoms with Gasteiger partial charge in [-0.15, -0.1) is 0 Å². The lowest BCUT2D eigenvalue weighted by Gasteiger charge is -2.30. The summed E-state index contributed by atoms with van der Waals surface area (Å²) in [5.41, 5.74) is 14.7. The number of nitrogens with two attached hydrogens (primary N) is 2. The zero-order valence-corrected chi connectivity index (χ0v) is 34.5. The molecule has 2 rings (SSSR count). The normalized spacial score (nSPS) is 13.9. The summed E-state index contributed by atoms with van der Waals surface area (Å²) in [5.74, 6) is -6.01. The SMILES string of the molecule is CCCCc1ccc(-c2ccc(C(=O)N[C@H](CO)C(=O)N[C@H](C)C(=O)NCC(=O)N(C)[C@H](C(=O)N[C@@H](N)C(=O)N[C@@H](CCCCN)C(=O)NCB(O)O)C(C)O)cc2)cc1. The molecule has 2 aromatic carbocycles. The lowest BCUT2D eigenvalue weighted by molar-refractivity contribution is -0.144. The summed E-state index contributed by atoms with van der Waals surface area (Å²) in [4.78, 5) is 91.0. The van der Waals surface area contributed by atoms with E-state index in [0.717, 1.165) is 42.3 Å². The van der Waals surface area contributed by atoms with Gasteiger partial charge >= 0.3 is 7.12 Å². The molecule has 0 aliphatic carbocycles. The minimum absolute atomic E-state index is 0.113. The van der Waals surface area contributed by atoms with Crippen molar-refractivity contribution in [1.29, 1.82) is 0 Å². The van der Waals surface area contributed by atoms with Gasteiger partial charge in [0.15, 0.2) is 6.17 Å². The van der Waals surface area contributed by atoms with Gasteiger partial charge in [-0.05, 0) is 81.3 Å². The molecule has 0 saturated heterocycles. The number of nitrogens with zero attached hydrogens (tertiary/aromatic N) is 1. The van der Waals surface area contributed by atoms with Gasteiger partial charge in [-0.25, -0.2) is 0 Å². The van der Waals surface area contributed by atoms with Crippen LogP contribution in [0.15, 0.2) is 48.5 Å². The summed E-state index contributed by atoms with van der Waals surface area (Å²) in [6, 6.07) is 9.41. The highest BCUT2D eigenvalue weighted by atomic mass is 16.4. The molecule has 20 nitrogen and oxygen atoms in total. The second-order valence-electron chi connectivity index (χ2n) is 14.3. The number of aliphatic hydroxyl groups is 2. The molecular formula is C39H60BN9O11. The van der Waals surface area contributed by atoms with Gasteiger partial charge in [0.2, 0.25) is 29.5 Å². The number of benzene rings is 2. The molecule has 0 aliphatic rings. The fraction of sp³-hybridized carbons (Fsp3) is 0.513. The third-order valence-electron chi connectivity index (χ3n) is 9.38. The lowest BCUT2D eigenvalue weighted by Crippen LogP contribution is -2.62. The number of likely N-dealkylation sites (N-methyl/N-ethyl adjacent to an activating group) is 1. The number of rotatable bonds is 25. The van der Waals surface area contributed by atoms with Crippen LogP contribution in [0.4, 0.5) is 0 Å². The van der Waals surface area contributed by atoms with Gasteiger partial charge in [-0.1, -0.05) is 49.7 Å². The second-order valence-corrected chi connectivity index (χ2v) is 14.3. The highest BCUT2D eigenvalue weighted by Crippen LogP contribution is 2.21. The number of nitrogens with one attached hydrogen (secondary N) is 6. The average molecular weight is 842 g/mol. The summed E-state index contributed by atoms with van der Waals surface area (Å²) in [6.07, 6.45) is 0.496. The molecule has 14 N–H and O–H groups in total. The van der Waals surface area contributed by atoms with Gasteiger partial charge in [0.1, 0.15) is 24.2 Å². The predicted molar refractivity (Wildman–Crippen MR) is 222 cm³/mol. The van der Waals surface area contributed by atoms with Gasteiger partial charge in [-0.2, -0.15) is 0 Å². The maximum Gasteiger partial charge on any atom is 0.472 e. The summed E-state index contributed by atoms with van der Waals surface area (Å²) in [7, 11) is -0.681. The van der Waals surface area contributed by atoms with E-state index in [0.29, 0.717) is 19.4 Å². The van der Waals surface area contributed by atoms with Crippen molar-refractivity contribution in [2.24, 2.45) is 11.5 Å². The molecule has 0 spiro atoms. The molecule has 6 atom stereocenters. The second kappa shape index (κ2) is 25.9. The molecule has 1 unspecified atom stereocenters. The van der Waals surface area contributed by atoms with Crippen LogP contribution in [0.2, 0.25) is 0 Å². The van der Waals surface area contributed by atoms with Crippen molar-refractivity contribution >= 4 is 48.5 Å². The van der Waals surface area contributed by atoms with Crippen LogP contribution in [0.25, 0.3) is 11.1 Å². The van der Waals surface area contributed by atoms with E-state index in [2.05, 4.69) is 51.0 Å². The number of hydrogen-bond acceptors (Lipinski definition) is 13. The Hall–Kier alpha value is -5.45. The molecule has 0 radical (unpaired) electrons. The fourth-order valence-corrected chi connectivity index (χ4v) is 5.83. The smallest absolute Gasteiger partial charge is 0.426 e. The van der Waals surface area contributed by atoms with Gasteiger partial charge in [0, 0.05) is 12.6 Å². The number of carbonyl (C=O) groups excluding carboxylic acids is 7. The molecule has 2 aromatic rings. The van der Waals surface area contributed by atoms with Crippen molar-refractivity contribution in [2.45, 2.75) is 95.7 Å². The van der Waals surface area contributed by atoms with Crippen molar-refractivity contribution < 1.29 is 53.8 Å².